The van der Waals surface area contributed by atoms with E-state index in [1.54, 1.807) is 22.5 Å². The van der Waals surface area contributed by atoms with Gasteiger partial charge in [0, 0.05) is 26.0 Å². The van der Waals surface area contributed by atoms with Gasteiger partial charge in [-0.15, -0.1) is 0 Å². The van der Waals surface area contributed by atoms with E-state index in [2.05, 4.69) is 0 Å². The van der Waals surface area contributed by atoms with Gasteiger partial charge in [-0.05, 0) is 37.3 Å². The molecule has 1 aliphatic heterocycles. The number of carbonyl (C=O) groups excluding carboxylic acids is 1. The van der Waals surface area contributed by atoms with E-state index in [4.69, 9.17) is 12.2 Å². The minimum absolute atomic E-state index is 0.275. The normalized spacial score (nSPS) is 15.8. The molecule has 1 fully saturated rings. The molecule has 0 spiro atoms. The molecule has 1 amide bonds. The predicted octanol–water partition coefficient (Wildman–Crippen LogP) is 3.23. The highest BCUT2D eigenvalue weighted by Gasteiger charge is 2.37. The highest BCUT2D eigenvalue weighted by Crippen LogP contribution is 2.36. The standard InChI is InChI=1S/C20H18N4O2S2/c1-13-17(19(26)24(22(13)3)14-8-5-4-6-9-14)23-18(25)16(28-20(23)27)12-15-10-7-11-21(15)2/h4-12H,1-3H3. The monoisotopic (exact) mass is 410 g/mol. The van der Waals surface area contributed by atoms with Crippen LogP contribution in [0, 0.1) is 6.92 Å². The molecule has 8 heteroatoms. The van der Waals surface area contributed by atoms with Crippen molar-refractivity contribution < 1.29 is 4.79 Å². The van der Waals surface area contributed by atoms with Crippen LogP contribution in [-0.4, -0.2) is 24.2 Å². The van der Waals surface area contributed by atoms with E-state index in [-0.39, 0.29) is 11.5 Å². The van der Waals surface area contributed by atoms with E-state index in [9.17, 15) is 9.59 Å². The summed E-state index contributed by atoms with van der Waals surface area (Å²) < 4.78 is 5.57. The lowest BCUT2D eigenvalue weighted by Crippen LogP contribution is -2.33. The maximum Gasteiger partial charge on any atom is 0.296 e. The summed E-state index contributed by atoms with van der Waals surface area (Å²) in [6, 6.07) is 13.2. The van der Waals surface area contributed by atoms with Gasteiger partial charge in [0.2, 0.25) is 0 Å². The third kappa shape index (κ3) is 2.85. The lowest BCUT2D eigenvalue weighted by Gasteiger charge is -2.12. The summed E-state index contributed by atoms with van der Waals surface area (Å²) in [5.74, 6) is -0.276. The number of carbonyl (C=O) groups is 1. The largest absolute Gasteiger partial charge is 0.351 e. The van der Waals surface area contributed by atoms with E-state index in [1.165, 1.54) is 16.7 Å². The minimum Gasteiger partial charge on any atom is -0.351 e. The molecular formula is C20H18N4O2S2. The van der Waals surface area contributed by atoms with Gasteiger partial charge < -0.3 is 4.57 Å². The summed E-state index contributed by atoms with van der Waals surface area (Å²) in [5.41, 5.74) is 2.32. The van der Waals surface area contributed by atoms with E-state index < -0.39 is 0 Å². The summed E-state index contributed by atoms with van der Waals surface area (Å²) in [6.07, 6.45) is 3.71. The summed E-state index contributed by atoms with van der Waals surface area (Å²) in [4.78, 5) is 28.2. The predicted molar refractivity (Wildman–Crippen MR) is 117 cm³/mol. The molecule has 28 heavy (non-hydrogen) atoms. The summed E-state index contributed by atoms with van der Waals surface area (Å²) in [7, 11) is 3.71. The van der Waals surface area contributed by atoms with Crippen LogP contribution in [0.15, 0.2) is 58.4 Å². The Kier molecular flexibility index (Phi) is 4.60. The Bertz CT molecular complexity index is 1180. The molecule has 0 saturated carbocycles. The minimum atomic E-state index is -0.276. The second kappa shape index (κ2) is 6.96. The van der Waals surface area contributed by atoms with Gasteiger partial charge in [-0.25, -0.2) is 4.68 Å². The Hall–Kier alpha value is -2.84. The van der Waals surface area contributed by atoms with Gasteiger partial charge in [0.1, 0.15) is 5.69 Å². The Balaban J connectivity index is 1.81. The Labute approximate surface area is 171 Å². The van der Waals surface area contributed by atoms with Crippen LogP contribution in [0.1, 0.15) is 11.4 Å². The summed E-state index contributed by atoms with van der Waals surface area (Å²) >= 11 is 6.67. The average Bonchev–Trinajstić information content (AvgIpc) is 3.27. The van der Waals surface area contributed by atoms with E-state index in [1.807, 2.05) is 67.2 Å². The number of hydrogen-bond donors (Lipinski definition) is 0. The molecule has 0 bridgehead atoms. The second-order valence-electron chi connectivity index (χ2n) is 6.47. The quantitative estimate of drug-likeness (QED) is 0.491. The Morgan fingerprint density at radius 3 is 2.39 bits per heavy atom. The van der Waals surface area contributed by atoms with Crippen molar-refractivity contribution >= 4 is 46.0 Å². The lowest BCUT2D eigenvalue weighted by molar-refractivity contribution is -0.113. The molecule has 2 aromatic heterocycles. The molecular weight excluding hydrogens is 392 g/mol. The van der Waals surface area contributed by atoms with Gasteiger partial charge in [0.15, 0.2) is 4.32 Å². The van der Waals surface area contributed by atoms with Crippen LogP contribution in [0.5, 0.6) is 0 Å². The molecule has 3 heterocycles. The van der Waals surface area contributed by atoms with Crippen LogP contribution < -0.4 is 10.5 Å². The third-order valence-corrected chi connectivity index (χ3v) is 6.11. The van der Waals surface area contributed by atoms with Gasteiger partial charge in [-0.3, -0.25) is 19.2 Å². The zero-order valence-electron chi connectivity index (χ0n) is 15.6. The second-order valence-corrected chi connectivity index (χ2v) is 8.15. The molecule has 142 valence electrons. The fourth-order valence-electron chi connectivity index (χ4n) is 3.23. The van der Waals surface area contributed by atoms with Crippen LogP contribution in [0.25, 0.3) is 11.8 Å². The van der Waals surface area contributed by atoms with Gasteiger partial charge in [0.05, 0.1) is 16.3 Å². The number of thioether (sulfide) groups is 1. The zero-order valence-corrected chi connectivity index (χ0v) is 17.3. The van der Waals surface area contributed by atoms with Crippen molar-refractivity contribution in [2.75, 3.05) is 4.90 Å². The van der Waals surface area contributed by atoms with Crippen molar-refractivity contribution in [3.8, 4) is 5.69 Å². The lowest BCUT2D eigenvalue weighted by atomic mass is 10.3. The van der Waals surface area contributed by atoms with Crippen LogP contribution >= 0.6 is 24.0 Å². The first-order chi connectivity index (χ1) is 13.4. The van der Waals surface area contributed by atoms with Crippen molar-refractivity contribution in [2.24, 2.45) is 14.1 Å². The molecule has 4 rings (SSSR count). The van der Waals surface area contributed by atoms with Crippen LogP contribution in [0.3, 0.4) is 0 Å². The first-order valence-electron chi connectivity index (χ1n) is 8.63. The molecule has 0 aliphatic carbocycles. The number of aromatic nitrogens is 3. The molecule has 0 unspecified atom stereocenters. The number of benzene rings is 1. The number of nitrogens with zero attached hydrogens (tertiary/aromatic N) is 4. The van der Waals surface area contributed by atoms with Gasteiger partial charge >= 0.3 is 0 Å². The first-order valence-corrected chi connectivity index (χ1v) is 9.86. The van der Waals surface area contributed by atoms with E-state index >= 15 is 0 Å². The fourth-order valence-corrected chi connectivity index (χ4v) is 4.49. The van der Waals surface area contributed by atoms with Crippen LogP contribution in [0.2, 0.25) is 0 Å². The SMILES string of the molecule is Cc1c(N2C(=O)C(=Cc3cccn3C)SC2=S)c(=O)n(-c2ccccc2)n1C. The average molecular weight is 411 g/mol. The van der Waals surface area contributed by atoms with E-state index in [0.717, 1.165) is 11.4 Å². The number of aryl methyl sites for hydroxylation is 1. The Morgan fingerprint density at radius 2 is 1.75 bits per heavy atom. The molecule has 0 radical (unpaired) electrons. The van der Waals surface area contributed by atoms with E-state index in [0.29, 0.717) is 20.6 Å². The maximum absolute atomic E-state index is 13.2. The van der Waals surface area contributed by atoms with Crippen molar-refractivity contribution in [3.63, 3.8) is 0 Å². The zero-order chi connectivity index (χ0) is 20.0. The third-order valence-electron chi connectivity index (χ3n) is 4.80. The summed E-state index contributed by atoms with van der Waals surface area (Å²) in [5, 5.41) is 0. The summed E-state index contributed by atoms with van der Waals surface area (Å²) in [6.45, 7) is 1.82. The topological polar surface area (TPSA) is 52.2 Å². The number of rotatable bonds is 3. The molecule has 0 atom stereocenters. The fraction of sp³-hybridized carbons (Fsp3) is 0.150. The molecule has 1 aromatic carbocycles. The molecule has 0 N–H and O–H groups in total. The molecule has 3 aromatic rings. The highest BCUT2D eigenvalue weighted by molar-refractivity contribution is 8.27. The number of hydrogen-bond acceptors (Lipinski definition) is 4. The number of amides is 1. The number of para-hydroxylation sites is 1. The van der Waals surface area contributed by atoms with Crippen molar-refractivity contribution in [1.29, 1.82) is 0 Å². The van der Waals surface area contributed by atoms with Crippen molar-refractivity contribution in [3.05, 3.63) is 75.3 Å². The van der Waals surface area contributed by atoms with Crippen molar-refractivity contribution in [2.45, 2.75) is 6.92 Å². The molecule has 6 nitrogen and oxygen atoms in total. The number of thiocarbonyl (C=S) groups is 1. The van der Waals surface area contributed by atoms with Crippen molar-refractivity contribution in [1.82, 2.24) is 13.9 Å². The number of anilines is 1. The highest BCUT2D eigenvalue weighted by atomic mass is 32.2. The van der Waals surface area contributed by atoms with Gasteiger partial charge in [-0.2, -0.15) is 0 Å². The first kappa shape index (κ1) is 18.5. The van der Waals surface area contributed by atoms with Crippen LogP contribution in [-0.2, 0) is 18.9 Å². The smallest absolute Gasteiger partial charge is 0.296 e. The molecule has 1 saturated heterocycles. The van der Waals surface area contributed by atoms with Crippen LogP contribution in [0.4, 0.5) is 5.69 Å². The Morgan fingerprint density at radius 1 is 1.04 bits per heavy atom. The molecule has 1 aliphatic rings. The maximum atomic E-state index is 13.2. The van der Waals surface area contributed by atoms with Gasteiger partial charge in [-0.1, -0.05) is 42.2 Å². The van der Waals surface area contributed by atoms with Gasteiger partial charge in [0.25, 0.3) is 11.5 Å².